The maximum atomic E-state index is 12.1. The maximum Gasteiger partial charge on any atom is 0.333 e. The fourth-order valence-electron chi connectivity index (χ4n) is 1.95. The third kappa shape index (κ3) is 3.29. The van der Waals surface area contributed by atoms with Crippen LogP contribution in [0, 0.1) is 6.92 Å². The zero-order chi connectivity index (χ0) is 16.4. The van der Waals surface area contributed by atoms with Crippen LogP contribution in [-0.4, -0.2) is 29.4 Å². The van der Waals surface area contributed by atoms with Crippen molar-refractivity contribution in [1.82, 2.24) is 19.7 Å². The Morgan fingerprint density at radius 3 is 2.65 bits per heavy atom. The standard InChI is InChI=1S/C14H13N5O3S/c1-9-2-4-11(5-3-9)23(21,22)19-14(20)18-10-6-12-13(15-7-10)17-8-16-12/h2-8H,1H3,(H,15,16,17)(H2,18,19,20). The first-order chi connectivity index (χ1) is 10.9. The number of rotatable bonds is 3. The number of carbonyl (C=O) groups excluding carboxylic acids is 1. The molecule has 0 aliphatic carbocycles. The van der Waals surface area contributed by atoms with Crippen LogP contribution in [0.1, 0.15) is 5.56 Å². The number of aromatic amines is 1. The molecule has 0 aliphatic rings. The van der Waals surface area contributed by atoms with Crippen LogP contribution in [0.2, 0.25) is 0 Å². The van der Waals surface area contributed by atoms with Crippen molar-refractivity contribution in [3.8, 4) is 0 Å². The van der Waals surface area contributed by atoms with E-state index in [1.54, 1.807) is 18.2 Å². The number of anilines is 1. The molecular weight excluding hydrogens is 318 g/mol. The molecule has 3 rings (SSSR count). The second-order valence-electron chi connectivity index (χ2n) is 4.87. The lowest BCUT2D eigenvalue weighted by atomic mass is 10.2. The largest absolute Gasteiger partial charge is 0.343 e. The number of sulfonamides is 1. The van der Waals surface area contributed by atoms with Crippen molar-refractivity contribution in [3.63, 3.8) is 0 Å². The van der Waals surface area contributed by atoms with Gasteiger partial charge in [0.15, 0.2) is 5.65 Å². The van der Waals surface area contributed by atoms with Gasteiger partial charge in [-0.15, -0.1) is 0 Å². The minimum absolute atomic E-state index is 0.0143. The van der Waals surface area contributed by atoms with Gasteiger partial charge in [-0.2, -0.15) is 0 Å². The first kappa shape index (κ1) is 15.0. The van der Waals surface area contributed by atoms with Gasteiger partial charge in [-0.25, -0.2) is 27.9 Å². The van der Waals surface area contributed by atoms with Crippen LogP contribution < -0.4 is 10.0 Å². The Balaban J connectivity index is 1.74. The number of urea groups is 1. The summed E-state index contributed by atoms with van der Waals surface area (Å²) in [6.45, 7) is 1.84. The van der Waals surface area contributed by atoms with Crippen LogP contribution >= 0.6 is 0 Å². The summed E-state index contributed by atoms with van der Waals surface area (Å²) >= 11 is 0. The number of aromatic nitrogens is 3. The van der Waals surface area contributed by atoms with E-state index >= 15 is 0 Å². The highest BCUT2D eigenvalue weighted by molar-refractivity contribution is 7.90. The number of nitrogens with one attached hydrogen (secondary N) is 3. The smallest absolute Gasteiger partial charge is 0.333 e. The summed E-state index contributed by atoms with van der Waals surface area (Å²) < 4.78 is 26.2. The topological polar surface area (TPSA) is 117 Å². The second-order valence-corrected chi connectivity index (χ2v) is 6.55. The molecule has 0 unspecified atom stereocenters. The van der Waals surface area contributed by atoms with E-state index in [1.165, 1.54) is 24.7 Å². The Hall–Kier alpha value is -2.94. The molecule has 118 valence electrons. The summed E-state index contributed by atoms with van der Waals surface area (Å²) in [7, 11) is -3.93. The minimum Gasteiger partial charge on any atom is -0.343 e. The summed E-state index contributed by atoms with van der Waals surface area (Å²) in [5, 5.41) is 2.42. The maximum absolute atomic E-state index is 12.1. The molecule has 0 atom stereocenters. The van der Waals surface area contributed by atoms with Gasteiger partial charge in [0, 0.05) is 0 Å². The molecule has 0 radical (unpaired) electrons. The highest BCUT2D eigenvalue weighted by Gasteiger charge is 2.17. The van der Waals surface area contributed by atoms with Gasteiger partial charge in [-0.3, -0.25) is 0 Å². The quantitative estimate of drug-likeness (QED) is 0.676. The molecule has 0 bridgehead atoms. The molecule has 9 heteroatoms. The van der Waals surface area contributed by atoms with Gasteiger partial charge in [-0.05, 0) is 25.1 Å². The van der Waals surface area contributed by atoms with Crippen molar-refractivity contribution in [2.45, 2.75) is 11.8 Å². The first-order valence-corrected chi connectivity index (χ1v) is 8.12. The Morgan fingerprint density at radius 2 is 1.91 bits per heavy atom. The lowest BCUT2D eigenvalue weighted by Gasteiger charge is -2.08. The number of nitrogens with zero attached hydrogens (tertiary/aromatic N) is 2. The average Bonchev–Trinajstić information content (AvgIpc) is 2.94. The molecule has 3 N–H and O–H groups in total. The Labute approximate surface area is 132 Å². The fraction of sp³-hybridized carbons (Fsp3) is 0.0714. The summed E-state index contributed by atoms with van der Waals surface area (Å²) in [6, 6.07) is 6.91. The van der Waals surface area contributed by atoms with E-state index in [0.29, 0.717) is 16.9 Å². The molecule has 0 saturated carbocycles. The van der Waals surface area contributed by atoms with Gasteiger partial charge in [-0.1, -0.05) is 17.7 Å². The van der Waals surface area contributed by atoms with Crippen LogP contribution in [0.4, 0.5) is 10.5 Å². The number of hydrogen-bond acceptors (Lipinski definition) is 5. The van der Waals surface area contributed by atoms with Crippen molar-refractivity contribution in [3.05, 3.63) is 48.4 Å². The first-order valence-electron chi connectivity index (χ1n) is 6.64. The van der Waals surface area contributed by atoms with Crippen LogP contribution in [0.15, 0.2) is 47.8 Å². The van der Waals surface area contributed by atoms with Crippen molar-refractivity contribution < 1.29 is 13.2 Å². The fourth-order valence-corrected chi connectivity index (χ4v) is 2.86. The second kappa shape index (κ2) is 5.69. The number of H-pyrrole nitrogens is 1. The molecule has 23 heavy (non-hydrogen) atoms. The molecule has 1 aromatic carbocycles. The highest BCUT2D eigenvalue weighted by atomic mass is 32.2. The van der Waals surface area contributed by atoms with Crippen LogP contribution in [0.3, 0.4) is 0 Å². The molecule has 0 spiro atoms. The minimum atomic E-state index is -3.93. The molecule has 2 heterocycles. The number of hydrogen-bond donors (Lipinski definition) is 3. The van der Waals surface area contributed by atoms with E-state index in [2.05, 4.69) is 20.3 Å². The number of aryl methyl sites for hydroxylation is 1. The zero-order valence-corrected chi connectivity index (χ0v) is 12.9. The number of benzene rings is 1. The Kier molecular flexibility index (Phi) is 3.70. The van der Waals surface area contributed by atoms with Gasteiger partial charge in [0.25, 0.3) is 10.0 Å². The Bertz CT molecular complexity index is 964. The molecule has 0 aliphatic heterocycles. The van der Waals surface area contributed by atoms with E-state index < -0.39 is 16.1 Å². The number of pyridine rings is 1. The monoisotopic (exact) mass is 331 g/mol. The van der Waals surface area contributed by atoms with Crippen molar-refractivity contribution in [1.29, 1.82) is 0 Å². The molecule has 0 saturated heterocycles. The van der Waals surface area contributed by atoms with Gasteiger partial charge >= 0.3 is 6.03 Å². The van der Waals surface area contributed by atoms with Crippen LogP contribution in [-0.2, 0) is 10.0 Å². The summed E-state index contributed by atoms with van der Waals surface area (Å²) in [5.41, 5.74) is 2.40. The highest BCUT2D eigenvalue weighted by Crippen LogP contribution is 2.13. The summed E-state index contributed by atoms with van der Waals surface area (Å²) in [4.78, 5) is 22.7. The van der Waals surface area contributed by atoms with Crippen molar-refractivity contribution in [2.75, 3.05) is 5.32 Å². The summed E-state index contributed by atoms with van der Waals surface area (Å²) in [6.07, 6.45) is 2.87. The molecule has 2 aromatic heterocycles. The Morgan fingerprint density at radius 1 is 1.17 bits per heavy atom. The number of carbonyl (C=O) groups is 1. The van der Waals surface area contributed by atoms with Crippen molar-refractivity contribution in [2.24, 2.45) is 0 Å². The third-order valence-corrected chi connectivity index (χ3v) is 4.44. The van der Waals surface area contributed by atoms with Crippen LogP contribution in [0.25, 0.3) is 11.2 Å². The SMILES string of the molecule is Cc1ccc(S(=O)(=O)NC(=O)Nc2cnc3nc[nH]c3c2)cc1. The van der Waals surface area contributed by atoms with Crippen LogP contribution in [0.5, 0.6) is 0 Å². The van der Waals surface area contributed by atoms with Gasteiger partial charge in [0.2, 0.25) is 0 Å². The third-order valence-electron chi connectivity index (χ3n) is 3.09. The number of imidazole rings is 1. The lowest BCUT2D eigenvalue weighted by molar-refractivity contribution is 0.256. The zero-order valence-electron chi connectivity index (χ0n) is 12.1. The predicted octanol–water partition coefficient (Wildman–Crippen LogP) is 1.78. The van der Waals surface area contributed by atoms with E-state index in [9.17, 15) is 13.2 Å². The van der Waals surface area contributed by atoms with Gasteiger partial charge < -0.3 is 10.3 Å². The molecule has 3 aromatic rings. The summed E-state index contributed by atoms with van der Waals surface area (Å²) in [5.74, 6) is 0. The predicted molar refractivity (Wildman–Crippen MR) is 84.4 cm³/mol. The van der Waals surface area contributed by atoms with E-state index in [1.807, 2.05) is 11.6 Å². The van der Waals surface area contributed by atoms with E-state index in [0.717, 1.165) is 5.56 Å². The van der Waals surface area contributed by atoms with Gasteiger partial charge in [0.05, 0.1) is 28.6 Å². The molecule has 2 amide bonds. The molecule has 8 nitrogen and oxygen atoms in total. The van der Waals surface area contributed by atoms with E-state index in [4.69, 9.17) is 0 Å². The normalized spacial score (nSPS) is 11.3. The average molecular weight is 331 g/mol. The number of fused-ring (bicyclic) bond motifs is 1. The molecule has 0 fully saturated rings. The lowest BCUT2D eigenvalue weighted by Crippen LogP contribution is -2.34. The van der Waals surface area contributed by atoms with E-state index in [-0.39, 0.29) is 4.90 Å². The molecular formula is C14H13N5O3S. The number of amides is 2. The van der Waals surface area contributed by atoms with Crippen molar-refractivity contribution >= 4 is 32.9 Å². The van der Waals surface area contributed by atoms with Gasteiger partial charge in [0.1, 0.15) is 0 Å².